The zero-order valence-corrected chi connectivity index (χ0v) is 8.32. The Hall–Kier alpha value is 0.0869. The first-order valence-electron chi connectivity index (χ1n) is 3.83. The monoisotopic (exact) mass is 142 g/mol. The van der Waals surface area contributed by atoms with Gasteiger partial charge >= 0.3 is 0 Å². The highest BCUT2D eigenvalue weighted by molar-refractivity contribution is 6.37. The second kappa shape index (κ2) is 4.92. The maximum Gasteiger partial charge on any atom is -0.0246 e. The van der Waals surface area contributed by atoms with Gasteiger partial charge in [0.1, 0.15) is 0 Å². The highest BCUT2D eigenvalue weighted by atomic mass is 28.1. The average Bonchev–Trinajstić information content (AvgIpc) is 1.82. The summed E-state index contributed by atoms with van der Waals surface area (Å²) in [7, 11) is 2.04. The molecule has 0 spiro atoms. The molecule has 1 atom stereocenters. The van der Waals surface area contributed by atoms with Crippen LogP contribution in [0, 0.1) is 5.92 Å². The van der Waals surface area contributed by atoms with Crippen molar-refractivity contribution in [2.24, 2.45) is 5.92 Å². The predicted molar refractivity (Wildman–Crippen MR) is 47.9 cm³/mol. The summed E-state index contributed by atoms with van der Waals surface area (Å²) in [5.74, 6) is 0.850. The lowest BCUT2D eigenvalue weighted by Crippen LogP contribution is -2.06. The van der Waals surface area contributed by atoms with Gasteiger partial charge in [-0.3, -0.25) is 0 Å². The molecule has 0 amide bonds. The maximum absolute atomic E-state index is 2.32. The quantitative estimate of drug-likeness (QED) is 0.523. The largest absolute Gasteiger partial charge is 0.0962 e. The first kappa shape index (κ1) is 9.09. The van der Waals surface area contributed by atoms with Gasteiger partial charge in [-0.05, 0) is 29.1 Å². The molecule has 0 aliphatic carbocycles. The Morgan fingerprint density at radius 1 is 1.56 bits per heavy atom. The summed E-state index contributed by atoms with van der Waals surface area (Å²) in [6, 6.07) is 0. The molecule has 0 nitrogen and oxygen atoms in total. The van der Waals surface area contributed by atoms with Crippen molar-refractivity contribution >= 4 is 15.0 Å². The molecular weight excluding hydrogens is 124 g/mol. The van der Waals surface area contributed by atoms with E-state index in [-0.39, 0.29) is 0 Å². The number of hydrogen-bond donors (Lipinski definition) is 0. The van der Waals surface area contributed by atoms with Crippen LogP contribution in [-0.4, -0.2) is 15.0 Å². The Morgan fingerprint density at radius 3 is 2.44 bits per heavy atom. The number of hydrogen-bond acceptors (Lipinski definition) is 0. The van der Waals surface area contributed by atoms with E-state index in [2.05, 4.69) is 20.8 Å². The molecule has 0 aromatic rings. The second-order valence-corrected chi connectivity index (χ2v) is 4.00. The third-order valence-corrected chi connectivity index (χ3v) is 2.53. The van der Waals surface area contributed by atoms with Crippen LogP contribution in [0.3, 0.4) is 0 Å². The van der Waals surface area contributed by atoms with Crippen LogP contribution in [0.2, 0.25) is 0 Å². The Morgan fingerprint density at radius 2 is 2.11 bits per heavy atom. The molecule has 0 radical (unpaired) electrons. The summed E-state index contributed by atoms with van der Waals surface area (Å²) in [5, 5.41) is 1.60. The smallest absolute Gasteiger partial charge is 0.0246 e. The molecule has 0 fully saturated rings. The third-order valence-electron chi connectivity index (χ3n) is 1.83. The van der Waals surface area contributed by atoms with Crippen molar-refractivity contribution in [1.82, 2.24) is 0 Å². The van der Waals surface area contributed by atoms with Gasteiger partial charge in [-0.2, -0.15) is 0 Å². The Bertz CT molecular complexity index is 86.6. The van der Waals surface area contributed by atoms with E-state index in [9.17, 15) is 0 Å². The molecule has 0 heterocycles. The van der Waals surface area contributed by atoms with Crippen molar-refractivity contribution in [1.29, 1.82) is 0 Å². The van der Waals surface area contributed by atoms with Gasteiger partial charge in [0.25, 0.3) is 0 Å². The summed E-state index contributed by atoms with van der Waals surface area (Å²) < 4.78 is 0. The van der Waals surface area contributed by atoms with Crippen molar-refractivity contribution in [3.8, 4) is 0 Å². The van der Waals surface area contributed by atoms with Gasteiger partial charge in [0, 0.05) is 0 Å². The predicted octanol–water partition coefficient (Wildman–Crippen LogP) is 1.64. The number of unbranched alkanes of at least 4 members (excludes halogenated alkanes) is 1. The molecule has 0 rings (SSSR count). The molecule has 0 aromatic carbocycles. The molecule has 1 heteroatoms. The first-order valence-corrected chi connectivity index (χ1v) is 4.54. The standard InChI is InChI=1S/C8H18Si/c1-4-5-6-7(2)8(3)9/h7H,4-6,9H2,1-3H3. The van der Waals surface area contributed by atoms with Gasteiger partial charge in [0.05, 0.1) is 0 Å². The van der Waals surface area contributed by atoms with Crippen LogP contribution in [0.5, 0.6) is 0 Å². The maximum atomic E-state index is 2.32. The van der Waals surface area contributed by atoms with Crippen LogP contribution in [-0.2, 0) is 0 Å². The van der Waals surface area contributed by atoms with E-state index in [0.717, 1.165) is 5.92 Å². The van der Waals surface area contributed by atoms with E-state index in [1.807, 2.05) is 9.85 Å². The zero-order valence-electron chi connectivity index (χ0n) is 6.91. The average molecular weight is 142 g/mol. The summed E-state index contributed by atoms with van der Waals surface area (Å²) in [5.41, 5.74) is 0. The molecule has 54 valence electrons. The summed E-state index contributed by atoms with van der Waals surface area (Å²) >= 11 is 0. The molecular formula is C8H18Si. The Labute approximate surface area is 61.7 Å². The van der Waals surface area contributed by atoms with Gasteiger partial charge in [-0.1, -0.05) is 31.9 Å². The minimum atomic E-state index is 0.850. The van der Waals surface area contributed by atoms with Crippen LogP contribution in [0.15, 0.2) is 0 Å². The molecule has 0 saturated carbocycles. The lowest BCUT2D eigenvalue weighted by atomic mass is 10.0. The molecule has 0 aromatic heterocycles. The van der Waals surface area contributed by atoms with Crippen LogP contribution >= 0.6 is 0 Å². The second-order valence-electron chi connectivity index (χ2n) is 2.89. The van der Waals surface area contributed by atoms with Crippen molar-refractivity contribution < 1.29 is 0 Å². The molecule has 0 aliphatic heterocycles. The van der Waals surface area contributed by atoms with Crippen LogP contribution in [0.4, 0.5) is 0 Å². The van der Waals surface area contributed by atoms with Crippen LogP contribution in [0.25, 0.3) is 0 Å². The fraction of sp³-hybridized carbons (Fsp3) is 0.875. The summed E-state index contributed by atoms with van der Waals surface area (Å²) in [6.07, 6.45) is 4.10. The fourth-order valence-electron chi connectivity index (χ4n) is 0.757. The molecule has 1 unspecified atom stereocenters. The normalized spacial score (nSPS) is 13.2. The minimum absolute atomic E-state index is 0.850. The van der Waals surface area contributed by atoms with Crippen molar-refractivity contribution in [3.05, 3.63) is 0 Å². The summed E-state index contributed by atoms with van der Waals surface area (Å²) in [4.78, 5) is 0. The van der Waals surface area contributed by atoms with Crippen LogP contribution < -0.4 is 0 Å². The highest BCUT2D eigenvalue weighted by Gasteiger charge is 1.98. The van der Waals surface area contributed by atoms with Gasteiger partial charge in [0.15, 0.2) is 0 Å². The van der Waals surface area contributed by atoms with E-state index in [4.69, 9.17) is 0 Å². The molecule has 0 bridgehead atoms. The van der Waals surface area contributed by atoms with Gasteiger partial charge in [0.2, 0.25) is 0 Å². The molecule has 0 saturated heterocycles. The molecule has 9 heavy (non-hydrogen) atoms. The topological polar surface area (TPSA) is 0 Å². The van der Waals surface area contributed by atoms with E-state index in [1.54, 1.807) is 5.17 Å². The zero-order chi connectivity index (χ0) is 7.28. The minimum Gasteiger partial charge on any atom is -0.0962 e. The van der Waals surface area contributed by atoms with Crippen molar-refractivity contribution in [2.75, 3.05) is 0 Å². The first-order chi connectivity index (χ1) is 4.18. The molecule has 0 N–H and O–H groups in total. The van der Waals surface area contributed by atoms with E-state index >= 15 is 0 Å². The highest BCUT2D eigenvalue weighted by Crippen LogP contribution is 2.07. The van der Waals surface area contributed by atoms with E-state index in [0.29, 0.717) is 0 Å². The van der Waals surface area contributed by atoms with Crippen molar-refractivity contribution in [2.45, 2.75) is 40.0 Å². The van der Waals surface area contributed by atoms with E-state index < -0.39 is 0 Å². The Balaban J connectivity index is 3.27. The van der Waals surface area contributed by atoms with Crippen molar-refractivity contribution in [3.63, 3.8) is 0 Å². The van der Waals surface area contributed by atoms with E-state index in [1.165, 1.54) is 19.3 Å². The third kappa shape index (κ3) is 4.58. The Kier molecular flexibility index (Phi) is 4.97. The summed E-state index contributed by atoms with van der Waals surface area (Å²) in [6.45, 7) is 6.80. The fourth-order valence-corrected chi connectivity index (χ4v) is 0.961. The number of rotatable bonds is 4. The van der Waals surface area contributed by atoms with Crippen LogP contribution in [0.1, 0.15) is 40.0 Å². The van der Waals surface area contributed by atoms with Gasteiger partial charge < -0.3 is 0 Å². The SMILES string of the molecule is CCCCC(C)C(C)=[SiH2]. The van der Waals surface area contributed by atoms with Gasteiger partial charge in [-0.25, -0.2) is 0 Å². The lowest BCUT2D eigenvalue weighted by Gasteiger charge is -2.08. The molecule has 0 aliphatic rings. The lowest BCUT2D eigenvalue weighted by molar-refractivity contribution is 0.627. The van der Waals surface area contributed by atoms with Gasteiger partial charge in [-0.15, -0.1) is 0 Å².